The predicted octanol–water partition coefficient (Wildman–Crippen LogP) is 2.70. The Hall–Kier alpha value is -2.56. The summed E-state index contributed by atoms with van der Waals surface area (Å²) < 4.78 is 5.52. The summed E-state index contributed by atoms with van der Waals surface area (Å²) in [6, 6.07) is 9.31. The molecule has 0 aliphatic rings. The Morgan fingerprint density at radius 1 is 1.35 bits per heavy atom. The lowest BCUT2D eigenvalue weighted by Crippen LogP contribution is -2.22. The summed E-state index contributed by atoms with van der Waals surface area (Å²) in [5.74, 6) is 0.103. The number of benzene rings is 1. The van der Waals surface area contributed by atoms with Crippen LogP contribution in [-0.2, 0) is 6.54 Å². The number of rotatable bonds is 3. The predicted molar refractivity (Wildman–Crippen MR) is 75.4 cm³/mol. The van der Waals surface area contributed by atoms with Gasteiger partial charge >= 0.3 is 0 Å². The highest BCUT2D eigenvalue weighted by molar-refractivity contribution is 5.96. The van der Waals surface area contributed by atoms with Gasteiger partial charge in [-0.15, -0.1) is 0 Å². The minimum Gasteiger partial charge on any atom is -0.451 e. The van der Waals surface area contributed by atoms with Crippen molar-refractivity contribution in [3.8, 4) is 0 Å². The van der Waals surface area contributed by atoms with Gasteiger partial charge in [0, 0.05) is 23.2 Å². The number of nitrogens with zero attached hydrogens (tertiary/aromatic N) is 1. The van der Waals surface area contributed by atoms with Crippen LogP contribution < -0.4 is 5.32 Å². The van der Waals surface area contributed by atoms with Gasteiger partial charge in [-0.05, 0) is 26.0 Å². The molecule has 1 amide bonds. The van der Waals surface area contributed by atoms with Crippen molar-refractivity contribution >= 4 is 16.9 Å². The van der Waals surface area contributed by atoms with Gasteiger partial charge in [0.05, 0.1) is 5.69 Å². The minimum absolute atomic E-state index is 0.221. The molecule has 2 heterocycles. The van der Waals surface area contributed by atoms with Crippen molar-refractivity contribution < 1.29 is 9.21 Å². The van der Waals surface area contributed by atoms with Gasteiger partial charge in [-0.1, -0.05) is 18.2 Å². The molecule has 0 saturated carbocycles. The van der Waals surface area contributed by atoms with Gasteiger partial charge < -0.3 is 9.73 Å². The highest BCUT2D eigenvalue weighted by atomic mass is 16.3. The van der Waals surface area contributed by atoms with Gasteiger partial charge in [-0.2, -0.15) is 5.10 Å². The van der Waals surface area contributed by atoms with Crippen LogP contribution in [-0.4, -0.2) is 16.1 Å². The van der Waals surface area contributed by atoms with E-state index in [0.717, 1.165) is 22.3 Å². The third-order valence-corrected chi connectivity index (χ3v) is 3.36. The number of aryl methyl sites for hydroxylation is 2. The molecule has 2 N–H and O–H groups in total. The van der Waals surface area contributed by atoms with E-state index in [1.54, 1.807) is 6.07 Å². The van der Waals surface area contributed by atoms with Crippen molar-refractivity contribution in [1.29, 1.82) is 0 Å². The molecular weight excluding hydrogens is 254 g/mol. The largest absolute Gasteiger partial charge is 0.451 e. The zero-order chi connectivity index (χ0) is 14.1. The standard InChI is InChI=1S/C15H15N3O2/c1-9-12(10(2)18-17-9)8-16-15(19)14-7-11-5-3-4-6-13(11)20-14/h3-7H,8H2,1-2H3,(H,16,19)(H,17,18). The fourth-order valence-corrected chi connectivity index (χ4v) is 2.18. The summed E-state index contributed by atoms with van der Waals surface area (Å²) in [6.07, 6.45) is 0. The van der Waals surface area contributed by atoms with Gasteiger partial charge in [-0.3, -0.25) is 9.89 Å². The van der Waals surface area contributed by atoms with E-state index < -0.39 is 0 Å². The van der Waals surface area contributed by atoms with Crippen LogP contribution in [0.5, 0.6) is 0 Å². The van der Waals surface area contributed by atoms with Crippen molar-refractivity contribution in [1.82, 2.24) is 15.5 Å². The number of carbonyl (C=O) groups excluding carboxylic acids is 1. The molecule has 0 radical (unpaired) electrons. The van der Waals surface area contributed by atoms with Crippen molar-refractivity contribution in [2.75, 3.05) is 0 Å². The number of nitrogens with one attached hydrogen (secondary N) is 2. The quantitative estimate of drug-likeness (QED) is 0.768. The molecule has 3 rings (SSSR count). The van der Waals surface area contributed by atoms with E-state index in [1.807, 2.05) is 38.1 Å². The lowest BCUT2D eigenvalue weighted by molar-refractivity contribution is 0.0925. The molecule has 0 spiro atoms. The summed E-state index contributed by atoms with van der Waals surface area (Å²) in [5, 5.41) is 10.8. The van der Waals surface area contributed by atoms with E-state index in [1.165, 1.54) is 0 Å². The first-order valence-electron chi connectivity index (χ1n) is 6.42. The maximum Gasteiger partial charge on any atom is 0.287 e. The second-order valence-corrected chi connectivity index (χ2v) is 4.74. The Bertz CT molecular complexity index is 718. The van der Waals surface area contributed by atoms with Crippen LogP contribution in [0.1, 0.15) is 27.5 Å². The summed E-state index contributed by atoms with van der Waals surface area (Å²) in [5.41, 5.74) is 3.59. The van der Waals surface area contributed by atoms with Crippen molar-refractivity contribution in [2.45, 2.75) is 20.4 Å². The lowest BCUT2D eigenvalue weighted by Gasteiger charge is -2.03. The monoisotopic (exact) mass is 269 g/mol. The first-order valence-corrected chi connectivity index (χ1v) is 6.42. The van der Waals surface area contributed by atoms with Crippen LogP contribution in [0.25, 0.3) is 11.0 Å². The zero-order valence-electron chi connectivity index (χ0n) is 11.4. The van der Waals surface area contributed by atoms with Crippen LogP contribution in [0.2, 0.25) is 0 Å². The molecule has 0 aliphatic carbocycles. The normalized spacial score (nSPS) is 10.9. The Balaban J connectivity index is 1.76. The van der Waals surface area contributed by atoms with E-state index in [0.29, 0.717) is 17.9 Å². The minimum atomic E-state index is -0.221. The molecule has 5 nitrogen and oxygen atoms in total. The topological polar surface area (TPSA) is 70.9 Å². The average Bonchev–Trinajstić information content (AvgIpc) is 3.01. The SMILES string of the molecule is Cc1n[nH]c(C)c1CNC(=O)c1cc2ccccc2o1. The molecule has 0 fully saturated rings. The first-order chi connectivity index (χ1) is 9.65. The molecule has 0 saturated heterocycles. The highest BCUT2D eigenvalue weighted by Gasteiger charge is 2.13. The van der Waals surface area contributed by atoms with Crippen molar-refractivity contribution in [3.05, 3.63) is 53.0 Å². The summed E-state index contributed by atoms with van der Waals surface area (Å²) in [6.45, 7) is 4.28. The van der Waals surface area contributed by atoms with E-state index >= 15 is 0 Å². The molecule has 2 aromatic heterocycles. The van der Waals surface area contributed by atoms with Crippen LogP contribution >= 0.6 is 0 Å². The van der Waals surface area contributed by atoms with E-state index in [9.17, 15) is 4.79 Å². The van der Waals surface area contributed by atoms with E-state index in [4.69, 9.17) is 4.42 Å². The second-order valence-electron chi connectivity index (χ2n) is 4.74. The fraction of sp³-hybridized carbons (Fsp3) is 0.200. The van der Waals surface area contributed by atoms with E-state index in [-0.39, 0.29) is 5.91 Å². The zero-order valence-corrected chi connectivity index (χ0v) is 11.4. The number of fused-ring (bicyclic) bond motifs is 1. The van der Waals surface area contributed by atoms with Gasteiger partial charge in [0.25, 0.3) is 5.91 Å². The average molecular weight is 269 g/mol. The van der Waals surface area contributed by atoms with Crippen LogP contribution in [0.4, 0.5) is 0 Å². The number of hydrogen-bond acceptors (Lipinski definition) is 3. The first kappa shape index (κ1) is 12.5. The Labute approximate surface area is 116 Å². The number of amides is 1. The maximum atomic E-state index is 12.1. The second kappa shape index (κ2) is 4.85. The number of aromatic nitrogens is 2. The molecule has 102 valence electrons. The number of hydrogen-bond donors (Lipinski definition) is 2. The van der Waals surface area contributed by atoms with Gasteiger partial charge in [0.1, 0.15) is 5.58 Å². The maximum absolute atomic E-state index is 12.1. The number of furan rings is 1. The van der Waals surface area contributed by atoms with Gasteiger partial charge in [0.15, 0.2) is 5.76 Å². The molecule has 0 atom stereocenters. The third kappa shape index (κ3) is 2.18. The molecule has 3 aromatic rings. The Morgan fingerprint density at radius 3 is 2.85 bits per heavy atom. The molecule has 0 aliphatic heterocycles. The Morgan fingerprint density at radius 2 is 2.15 bits per heavy atom. The molecule has 0 bridgehead atoms. The highest BCUT2D eigenvalue weighted by Crippen LogP contribution is 2.18. The smallest absolute Gasteiger partial charge is 0.287 e. The van der Waals surface area contributed by atoms with Gasteiger partial charge in [-0.25, -0.2) is 0 Å². The number of aromatic amines is 1. The summed E-state index contributed by atoms with van der Waals surface area (Å²) >= 11 is 0. The Kier molecular flexibility index (Phi) is 3.02. The van der Waals surface area contributed by atoms with Crippen LogP contribution in [0, 0.1) is 13.8 Å². The van der Waals surface area contributed by atoms with Gasteiger partial charge in [0.2, 0.25) is 0 Å². The summed E-state index contributed by atoms with van der Waals surface area (Å²) in [4.78, 5) is 12.1. The fourth-order valence-electron chi connectivity index (χ4n) is 2.18. The molecular formula is C15H15N3O2. The molecule has 20 heavy (non-hydrogen) atoms. The van der Waals surface area contributed by atoms with E-state index in [2.05, 4.69) is 15.5 Å². The van der Waals surface area contributed by atoms with Crippen molar-refractivity contribution in [3.63, 3.8) is 0 Å². The van der Waals surface area contributed by atoms with Crippen molar-refractivity contribution in [2.24, 2.45) is 0 Å². The number of carbonyl (C=O) groups is 1. The molecule has 0 unspecified atom stereocenters. The van der Waals surface area contributed by atoms with Crippen LogP contribution in [0.15, 0.2) is 34.7 Å². The van der Waals surface area contributed by atoms with Crippen LogP contribution in [0.3, 0.4) is 0 Å². The third-order valence-electron chi connectivity index (χ3n) is 3.36. The lowest BCUT2D eigenvalue weighted by atomic mass is 10.2. The number of para-hydroxylation sites is 1. The molecule has 1 aromatic carbocycles. The molecule has 5 heteroatoms. The number of H-pyrrole nitrogens is 1. The summed E-state index contributed by atoms with van der Waals surface area (Å²) in [7, 11) is 0.